The summed E-state index contributed by atoms with van der Waals surface area (Å²) >= 11 is 3.75. The molecule has 0 amide bonds. The van der Waals surface area contributed by atoms with E-state index in [0.717, 1.165) is 30.1 Å². The molecule has 0 N–H and O–H groups in total. The van der Waals surface area contributed by atoms with E-state index in [-0.39, 0.29) is 5.78 Å². The van der Waals surface area contributed by atoms with Gasteiger partial charge in [-0.05, 0) is 64.1 Å². The maximum atomic E-state index is 12.6. The van der Waals surface area contributed by atoms with Gasteiger partial charge in [-0.3, -0.25) is 4.79 Å². The van der Waals surface area contributed by atoms with E-state index in [2.05, 4.69) is 22.6 Å². The van der Waals surface area contributed by atoms with Crippen molar-refractivity contribution in [2.24, 2.45) is 0 Å². The monoisotopic (exact) mass is 500 g/mol. The molecular formula is C23H17IO3S. The van der Waals surface area contributed by atoms with E-state index in [1.807, 2.05) is 72.8 Å². The maximum Gasteiger partial charge on any atom is 0.200 e. The molecule has 0 bridgehead atoms. The highest BCUT2D eigenvalue weighted by molar-refractivity contribution is 14.1. The number of allylic oxidation sites excluding steroid dienone is 1. The van der Waals surface area contributed by atoms with Gasteiger partial charge in [-0.15, -0.1) is 0 Å². The zero-order valence-corrected chi connectivity index (χ0v) is 18.1. The van der Waals surface area contributed by atoms with Gasteiger partial charge < -0.3 is 9.47 Å². The molecule has 0 aromatic heterocycles. The number of carbonyl (C=O) groups excluding carboxylic acids is 1. The molecule has 0 spiro atoms. The Bertz CT molecular complexity index is 1060. The highest BCUT2D eigenvalue weighted by atomic mass is 127. The van der Waals surface area contributed by atoms with E-state index in [0.29, 0.717) is 18.1 Å². The van der Waals surface area contributed by atoms with Crippen molar-refractivity contribution >= 4 is 46.2 Å². The number of fused-ring (bicyclic) bond motifs is 1. The number of hydrogen-bond acceptors (Lipinski definition) is 4. The van der Waals surface area contributed by atoms with Crippen molar-refractivity contribution in [1.82, 2.24) is 0 Å². The van der Waals surface area contributed by atoms with Crippen LogP contribution in [0.5, 0.6) is 11.5 Å². The Kier molecular flexibility index (Phi) is 5.73. The number of methoxy groups -OCH3 is 1. The summed E-state index contributed by atoms with van der Waals surface area (Å²) in [6.45, 7) is 0.470. The first-order chi connectivity index (χ1) is 13.7. The Hall–Kier alpha value is -2.25. The van der Waals surface area contributed by atoms with Gasteiger partial charge >= 0.3 is 0 Å². The molecule has 4 rings (SSSR count). The molecule has 140 valence electrons. The standard InChI is InChI=1S/C23H17IO3S/c1-26-19-12-16(13-21-22(25)17-9-5-6-10-20(17)28-21)11-18(24)23(19)27-14-15-7-3-2-4-8-15/h2-13H,14H2,1H3/b21-13+. The van der Waals surface area contributed by atoms with Crippen LogP contribution in [-0.2, 0) is 6.61 Å². The number of benzene rings is 3. The van der Waals surface area contributed by atoms with Gasteiger partial charge in [0.2, 0.25) is 5.78 Å². The molecule has 3 nitrogen and oxygen atoms in total. The van der Waals surface area contributed by atoms with Crippen molar-refractivity contribution in [3.63, 3.8) is 0 Å². The molecule has 0 aliphatic carbocycles. The molecule has 0 fully saturated rings. The summed E-state index contributed by atoms with van der Waals surface area (Å²) in [4.78, 5) is 14.3. The molecule has 3 aromatic carbocycles. The maximum absolute atomic E-state index is 12.6. The highest BCUT2D eigenvalue weighted by Crippen LogP contribution is 2.42. The summed E-state index contributed by atoms with van der Waals surface area (Å²) < 4.78 is 12.5. The molecule has 0 saturated heterocycles. The van der Waals surface area contributed by atoms with Gasteiger partial charge in [0.1, 0.15) is 6.61 Å². The van der Waals surface area contributed by atoms with Gasteiger partial charge in [-0.1, -0.05) is 54.2 Å². The number of Topliss-reactive ketones (excluding diaryl/α,β-unsaturated/α-hetero) is 1. The zero-order valence-electron chi connectivity index (χ0n) is 15.1. The molecule has 1 aliphatic rings. The van der Waals surface area contributed by atoms with Crippen LogP contribution in [0.4, 0.5) is 0 Å². The Morgan fingerprint density at radius 3 is 2.54 bits per heavy atom. The lowest BCUT2D eigenvalue weighted by Gasteiger charge is -2.14. The van der Waals surface area contributed by atoms with Crippen LogP contribution in [-0.4, -0.2) is 12.9 Å². The molecule has 1 heterocycles. The predicted molar refractivity (Wildman–Crippen MR) is 121 cm³/mol. The first kappa shape index (κ1) is 19.1. The van der Waals surface area contributed by atoms with Crippen LogP contribution in [0.1, 0.15) is 21.5 Å². The molecule has 0 unspecified atom stereocenters. The number of ketones is 1. The molecule has 28 heavy (non-hydrogen) atoms. The van der Waals surface area contributed by atoms with Gasteiger partial charge in [0.05, 0.1) is 15.6 Å². The molecule has 0 saturated carbocycles. The van der Waals surface area contributed by atoms with E-state index in [4.69, 9.17) is 9.47 Å². The topological polar surface area (TPSA) is 35.5 Å². The number of halogens is 1. The second-order valence-electron chi connectivity index (χ2n) is 6.24. The fraction of sp³-hybridized carbons (Fsp3) is 0.0870. The summed E-state index contributed by atoms with van der Waals surface area (Å²) in [6, 6.07) is 21.6. The normalized spacial score (nSPS) is 14.2. The Morgan fingerprint density at radius 2 is 1.79 bits per heavy atom. The van der Waals surface area contributed by atoms with Crippen molar-refractivity contribution in [3.05, 3.63) is 91.9 Å². The number of hydrogen-bond donors (Lipinski definition) is 0. The molecule has 0 atom stereocenters. The van der Waals surface area contributed by atoms with Gasteiger partial charge in [-0.2, -0.15) is 0 Å². The minimum atomic E-state index is 0.0685. The first-order valence-electron chi connectivity index (χ1n) is 8.73. The summed E-state index contributed by atoms with van der Waals surface area (Å²) in [5, 5.41) is 0. The third-order valence-electron chi connectivity index (χ3n) is 4.35. The van der Waals surface area contributed by atoms with Crippen molar-refractivity contribution in [3.8, 4) is 11.5 Å². The summed E-state index contributed by atoms with van der Waals surface area (Å²) in [5.74, 6) is 1.43. The van der Waals surface area contributed by atoms with Crippen LogP contribution < -0.4 is 9.47 Å². The molecule has 3 aromatic rings. The van der Waals surface area contributed by atoms with E-state index in [9.17, 15) is 4.79 Å². The third kappa shape index (κ3) is 3.95. The van der Waals surface area contributed by atoms with Gasteiger partial charge in [0, 0.05) is 10.5 Å². The lowest BCUT2D eigenvalue weighted by atomic mass is 10.1. The van der Waals surface area contributed by atoms with Crippen molar-refractivity contribution in [2.45, 2.75) is 11.5 Å². The van der Waals surface area contributed by atoms with Crippen LogP contribution in [0.3, 0.4) is 0 Å². The van der Waals surface area contributed by atoms with Gasteiger partial charge in [-0.25, -0.2) is 0 Å². The second-order valence-corrected chi connectivity index (χ2v) is 8.49. The molecule has 0 radical (unpaired) electrons. The van der Waals surface area contributed by atoms with E-state index in [1.54, 1.807) is 7.11 Å². The van der Waals surface area contributed by atoms with Crippen LogP contribution in [0.15, 0.2) is 76.5 Å². The number of rotatable bonds is 5. The fourth-order valence-electron chi connectivity index (χ4n) is 2.98. The average molecular weight is 500 g/mol. The second kappa shape index (κ2) is 8.41. The SMILES string of the molecule is COc1cc(/C=C2/Sc3ccccc3C2=O)cc(I)c1OCc1ccccc1. The minimum absolute atomic E-state index is 0.0685. The van der Waals surface area contributed by atoms with Gasteiger partial charge in [0.15, 0.2) is 11.5 Å². The van der Waals surface area contributed by atoms with E-state index >= 15 is 0 Å². The first-order valence-corrected chi connectivity index (χ1v) is 10.6. The Balaban J connectivity index is 1.60. The smallest absolute Gasteiger partial charge is 0.200 e. The largest absolute Gasteiger partial charge is 0.493 e. The van der Waals surface area contributed by atoms with Gasteiger partial charge in [0.25, 0.3) is 0 Å². The lowest BCUT2D eigenvalue weighted by molar-refractivity contribution is 0.104. The Labute approximate surface area is 181 Å². The van der Waals surface area contributed by atoms with E-state index < -0.39 is 0 Å². The van der Waals surface area contributed by atoms with Crippen molar-refractivity contribution in [1.29, 1.82) is 0 Å². The van der Waals surface area contributed by atoms with Crippen LogP contribution in [0, 0.1) is 3.57 Å². The van der Waals surface area contributed by atoms with Crippen molar-refractivity contribution < 1.29 is 14.3 Å². The van der Waals surface area contributed by atoms with E-state index in [1.165, 1.54) is 11.8 Å². The number of ether oxygens (including phenoxy) is 2. The zero-order chi connectivity index (χ0) is 19.5. The summed E-state index contributed by atoms with van der Waals surface area (Å²) in [5.41, 5.74) is 2.78. The quantitative estimate of drug-likeness (QED) is 0.309. The highest BCUT2D eigenvalue weighted by Gasteiger charge is 2.25. The number of carbonyl (C=O) groups is 1. The predicted octanol–water partition coefficient (Wildman–Crippen LogP) is 6.21. The Morgan fingerprint density at radius 1 is 1.04 bits per heavy atom. The third-order valence-corrected chi connectivity index (χ3v) is 6.25. The molecule has 1 aliphatic heterocycles. The molecular weight excluding hydrogens is 483 g/mol. The summed E-state index contributed by atoms with van der Waals surface area (Å²) in [7, 11) is 1.63. The lowest BCUT2D eigenvalue weighted by Crippen LogP contribution is -2.00. The van der Waals surface area contributed by atoms with Crippen LogP contribution >= 0.6 is 34.4 Å². The summed E-state index contributed by atoms with van der Waals surface area (Å²) in [6.07, 6.45) is 1.92. The number of thioether (sulfide) groups is 1. The average Bonchev–Trinajstić information content (AvgIpc) is 3.03. The fourth-order valence-corrected chi connectivity index (χ4v) is 4.81. The minimum Gasteiger partial charge on any atom is -0.493 e. The van der Waals surface area contributed by atoms with Crippen LogP contribution in [0.2, 0.25) is 0 Å². The molecule has 5 heteroatoms. The van der Waals surface area contributed by atoms with Crippen molar-refractivity contribution in [2.75, 3.05) is 7.11 Å². The van der Waals surface area contributed by atoms with Crippen LogP contribution in [0.25, 0.3) is 6.08 Å².